The van der Waals surface area contributed by atoms with Crippen molar-refractivity contribution in [2.24, 2.45) is 0 Å². The molecule has 0 unspecified atom stereocenters. The van der Waals surface area contributed by atoms with Gasteiger partial charge in [0.2, 0.25) is 0 Å². The number of pyridine rings is 2. The minimum Gasteiger partial charge on any atom is -0.422 e. The molecule has 288 valence electrons. The average molecular weight is 769 g/mol. The summed E-state index contributed by atoms with van der Waals surface area (Å²) in [7, 11) is 0. The summed E-state index contributed by atoms with van der Waals surface area (Å²) < 4.78 is 14.9. The first-order valence-corrected chi connectivity index (χ1v) is 19.5. The highest BCUT2D eigenvalue weighted by atomic mass is 16.4. The number of nitrogens with zero attached hydrogens (tertiary/aromatic N) is 8. The third-order valence-corrected chi connectivity index (χ3v) is 10.6. The van der Waals surface area contributed by atoms with Gasteiger partial charge in [0.05, 0.1) is 45.6 Å². The van der Waals surface area contributed by atoms with Crippen LogP contribution in [0.15, 0.2) is 140 Å². The Balaban J connectivity index is 0.000000150. The van der Waals surface area contributed by atoms with Gasteiger partial charge in [-0.15, -0.1) is 0 Å². The molecule has 0 bridgehead atoms. The van der Waals surface area contributed by atoms with Crippen LogP contribution in [0.4, 0.5) is 11.4 Å². The lowest BCUT2D eigenvalue weighted by atomic mass is 10.1. The SMILES string of the molecule is CCN(CC)c1ccc2c(c1)oc(=O)c1cc3cnn(-c4ccccc4)c3nc12.CCN(CC)c1ccc2c(c1)oc(=O)c1cc3cnn(-c4ccccc4)c3nc12. The van der Waals surface area contributed by atoms with E-state index in [1.807, 2.05) is 97.1 Å². The molecule has 12 nitrogen and oxygen atoms in total. The Hall–Kier alpha value is -7.34. The van der Waals surface area contributed by atoms with Gasteiger partial charge in [0, 0.05) is 71.2 Å². The molecule has 10 rings (SSSR count). The number of para-hydroxylation sites is 2. The second kappa shape index (κ2) is 15.0. The lowest BCUT2D eigenvalue weighted by molar-refractivity contribution is 0.569. The molecule has 0 radical (unpaired) electrons. The van der Waals surface area contributed by atoms with Crippen LogP contribution in [-0.4, -0.2) is 55.7 Å². The van der Waals surface area contributed by atoms with Crippen molar-refractivity contribution in [3.63, 3.8) is 0 Å². The molecule has 58 heavy (non-hydrogen) atoms. The summed E-state index contributed by atoms with van der Waals surface area (Å²) in [5, 5.41) is 13.1. The molecule has 0 saturated carbocycles. The van der Waals surface area contributed by atoms with Crippen molar-refractivity contribution in [3.8, 4) is 11.4 Å². The molecule has 0 amide bonds. The summed E-state index contributed by atoms with van der Waals surface area (Å²) in [5.41, 5.74) is 6.91. The van der Waals surface area contributed by atoms with Gasteiger partial charge in [-0.3, -0.25) is 0 Å². The van der Waals surface area contributed by atoms with Crippen molar-refractivity contribution in [3.05, 3.63) is 142 Å². The van der Waals surface area contributed by atoms with Gasteiger partial charge in [0.1, 0.15) is 11.2 Å². The van der Waals surface area contributed by atoms with E-state index in [0.29, 0.717) is 44.3 Å². The maximum atomic E-state index is 12.7. The van der Waals surface area contributed by atoms with Crippen LogP contribution in [0, 0.1) is 0 Å². The largest absolute Gasteiger partial charge is 0.422 e. The molecule has 0 spiro atoms. The van der Waals surface area contributed by atoms with Crippen molar-refractivity contribution >= 4 is 77.2 Å². The molecule has 12 heteroatoms. The van der Waals surface area contributed by atoms with E-state index in [2.05, 4.69) is 59.8 Å². The van der Waals surface area contributed by atoms with Gasteiger partial charge in [-0.1, -0.05) is 36.4 Å². The minimum atomic E-state index is -0.383. The monoisotopic (exact) mass is 768 g/mol. The van der Waals surface area contributed by atoms with E-state index in [0.717, 1.165) is 70.5 Å². The van der Waals surface area contributed by atoms with Crippen LogP contribution >= 0.6 is 0 Å². The topological polar surface area (TPSA) is 128 Å². The highest BCUT2D eigenvalue weighted by Crippen LogP contribution is 2.30. The third-order valence-electron chi connectivity index (χ3n) is 10.6. The summed E-state index contributed by atoms with van der Waals surface area (Å²) in [6.07, 6.45) is 3.45. The lowest BCUT2D eigenvalue weighted by Gasteiger charge is -2.21. The van der Waals surface area contributed by atoms with Crippen LogP contribution in [0.2, 0.25) is 0 Å². The third kappa shape index (κ3) is 6.28. The quantitative estimate of drug-likeness (QED) is 0.109. The summed E-state index contributed by atoms with van der Waals surface area (Å²) >= 11 is 0. The molecule has 0 aliphatic rings. The maximum Gasteiger partial charge on any atom is 0.345 e. The van der Waals surface area contributed by atoms with Crippen LogP contribution in [0.1, 0.15) is 27.7 Å². The zero-order valence-corrected chi connectivity index (χ0v) is 32.6. The number of aromatic nitrogens is 6. The molecule has 0 N–H and O–H groups in total. The summed E-state index contributed by atoms with van der Waals surface area (Å²) in [6, 6.07) is 35.2. The number of anilines is 2. The van der Waals surface area contributed by atoms with E-state index in [1.54, 1.807) is 21.8 Å². The first kappa shape index (κ1) is 36.3. The molecule has 0 atom stereocenters. The molecule has 6 aromatic heterocycles. The number of hydrogen-bond acceptors (Lipinski definition) is 10. The number of fused-ring (bicyclic) bond motifs is 8. The van der Waals surface area contributed by atoms with Crippen LogP contribution in [0.5, 0.6) is 0 Å². The average Bonchev–Trinajstić information content (AvgIpc) is 3.88. The standard InChI is InChI=1S/2C23H20N4O2/c2*1-3-26(4-2)17-10-11-18-20(13-17)29-23(28)19-12-15-14-24-27(22(15)25-21(18)19)16-8-6-5-7-9-16/h2*5-14H,3-4H2,1-2H3. The zero-order valence-electron chi connectivity index (χ0n) is 32.6. The Morgan fingerprint density at radius 3 is 1.28 bits per heavy atom. The Labute approximate surface area is 332 Å². The highest BCUT2D eigenvalue weighted by molar-refractivity contribution is 6.07. The fourth-order valence-corrected chi connectivity index (χ4v) is 7.62. The summed E-state index contributed by atoms with van der Waals surface area (Å²) in [4.78, 5) is 39.5. The van der Waals surface area contributed by atoms with Crippen LogP contribution in [0.3, 0.4) is 0 Å². The van der Waals surface area contributed by atoms with E-state index in [4.69, 9.17) is 18.8 Å². The Bertz CT molecular complexity index is 3020. The van der Waals surface area contributed by atoms with Crippen molar-refractivity contribution in [1.82, 2.24) is 29.5 Å². The molecule has 0 aliphatic carbocycles. The second-order valence-corrected chi connectivity index (χ2v) is 13.9. The molecule has 0 fully saturated rings. The van der Waals surface area contributed by atoms with Gasteiger partial charge >= 0.3 is 11.3 Å². The van der Waals surface area contributed by atoms with E-state index in [9.17, 15) is 9.59 Å². The van der Waals surface area contributed by atoms with E-state index in [-0.39, 0.29) is 11.3 Å². The summed E-state index contributed by atoms with van der Waals surface area (Å²) in [5.74, 6) is 0. The number of hydrogen-bond donors (Lipinski definition) is 0. The summed E-state index contributed by atoms with van der Waals surface area (Å²) in [6.45, 7) is 12.0. The fourth-order valence-electron chi connectivity index (χ4n) is 7.62. The highest BCUT2D eigenvalue weighted by Gasteiger charge is 2.17. The fraction of sp³-hybridized carbons (Fsp3) is 0.174. The second-order valence-electron chi connectivity index (χ2n) is 13.9. The maximum absolute atomic E-state index is 12.7. The smallest absolute Gasteiger partial charge is 0.345 e. The van der Waals surface area contributed by atoms with Gasteiger partial charge in [-0.25, -0.2) is 28.9 Å². The molecule has 6 heterocycles. The normalized spacial score (nSPS) is 11.5. The van der Waals surface area contributed by atoms with E-state index >= 15 is 0 Å². The molecular formula is C46H40N8O4. The first-order valence-electron chi connectivity index (χ1n) is 19.5. The Kier molecular flexibility index (Phi) is 9.36. The predicted octanol–water partition coefficient (Wildman–Crippen LogP) is 9.05. The Morgan fingerprint density at radius 2 is 0.897 bits per heavy atom. The van der Waals surface area contributed by atoms with Crippen molar-refractivity contribution in [2.45, 2.75) is 27.7 Å². The van der Waals surface area contributed by atoms with Gasteiger partial charge in [-0.05, 0) is 88.4 Å². The van der Waals surface area contributed by atoms with Crippen molar-refractivity contribution in [2.75, 3.05) is 36.0 Å². The molecular weight excluding hydrogens is 729 g/mol. The first-order chi connectivity index (χ1) is 28.4. The van der Waals surface area contributed by atoms with Gasteiger partial charge in [0.15, 0.2) is 11.3 Å². The number of benzene rings is 4. The van der Waals surface area contributed by atoms with E-state index in [1.165, 1.54) is 0 Å². The van der Waals surface area contributed by atoms with E-state index < -0.39 is 0 Å². The molecule has 10 aromatic rings. The van der Waals surface area contributed by atoms with Crippen molar-refractivity contribution < 1.29 is 8.83 Å². The molecule has 0 aliphatic heterocycles. The van der Waals surface area contributed by atoms with Crippen LogP contribution < -0.4 is 21.1 Å². The van der Waals surface area contributed by atoms with Crippen LogP contribution in [-0.2, 0) is 0 Å². The molecule has 4 aromatic carbocycles. The predicted molar refractivity (Wildman–Crippen MR) is 232 cm³/mol. The van der Waals surface area contributed by atoms with Gasteiger partial charge in [0.25, 0.3) is 0 Å². The number of rotatable bonds is 8. The van der Waals surface area contributed by atoms with Crippen LogP contribution in [0.25, 0.3) is 77.2 Å². The van der Waals surface area contributed by atoms with Crippen molar-refractivity contribution in [1.29, 1.82) is 0 Å². The lowest BCUT2D eigenvalue weighted by Crippen LogP contribution is -2.21. The Morgan fingerprint density at radius 1 is 0.500 bits per heavy atom. The zero-order chi connectivity index (χ0) is 39.9. The molecule has 0 saturated heterocycles. The van der Waals surface area contributed by atoms with Gasteiger partial charge in [-0.2, -0.15) is 10.2 Å². The van der Waals surface area contributed by atoms with Gasteiger partial charge < -0.3 is 18.6 Å². The minimum absolute atomic E-state index is 0.383.